The van der Waals surface area contributed by atoms with Crippen molar-refractivity contribution >= 4 is 27.8 Å². The predicted octanol–water partition coefficient (Wildman–Crippen LogP) is 2.93. The number of methoxy groups -OCH3 is 1. The topological polar surface area (TPSA) is 51.5 Å². The van der Waals surface area contributed by atoms with Gasteiger partial charge in [0.05, 0.1) is 13.5 Å². The Morgan fingerprint density at radius 3 is 2.62 bits per heavy atom. The number of halogens is 1. The van der Waals surface area contributed by atoms with E-state index in [0.29, 0.717) is 24.7 Å². The van der Waals surface area contributed by atoms with E-state index in [4.69, 9.17) is 0 Å². The van der Waals surface area contributed by atoms with E-state index in [2.05, 4.69) is 20.7 Å². The zero-order chi connectivity index (χ0) is 16.0. The van der Waals surface area contributed by atoms with Crippen LogP contribution in [0.25, 0.3) is 0 Å². The number of ether oxygens (including phenoxy) is 1. The van der Waals surface area contributed by atoms with Crippen LogP contribution in [0.15, 0.2) is 16.7 Å². The summed E-state index contributed by atoms with van der Waals surface area (Å²) < 4.78 is 7.43. The van der Waals surface area contributed by atoms with Gasteiger partial charge >= 0.3 is 5.97 Å². The first kappa shape index (κ1) is 17.8. The zero-order valence-corrected chi connectivity index (χ0v) is 14.6. The molecule has 118 valence electrons. The molecular weight excluding hydrogens is 336 g/mol. The number of nitrogens with zero attached hydrogens (tertiary/aromatic N) is 2. The second kappa shape index (κ2) is 8.22. The number of hydrogen-bond acceptors (Lipinski definition) is 3. The first-order valence-corrected chi connectivity index (χ1v) is 7.90. The summed E-state index contributed by atoms with van der Waals surface area (Å²) in [6.45, 7) is 7.79. The highest BCUT2D eigenvalue weighted by atomic mass is 79.9. The van der Waals surface area contributed by atoms with Gasteiger partial charge in [-0.25, -0.2) is 0 Å². The highest BCUT2D eigenvalue weighted by Crippen LogP contribution is 2.17. The van der Waals surface area contributed by atoms with E-state index in [0.717, 1.165) is 11.0 Å². The van der Waals surface area contributed by atoms with E-state index in [9.17, 15) is 9.59 Å². The minimum absolute atomic E-state index is 0.0554. The Morgan fingerprint density at radius 1 is 1.43 bits per heavy atom. The average Bonchev–Trinajstić information content (AvgIpc) is 2.82. The minimum Gasteiger partial charge on any atom is -0.469 e. The van der Waals surface area contributed by atoms with Crippen LogP contribution in [-0.4, -0.2) is 41.5 Å². The molecule has 0 saturated carbocycles. The van der Waals surface area contributed by atoms with Gasteiger partial charge in [0, 0.05) is 30.3 Å². The monoisotopic (exact) mass is 358 g/mol. The van der Waals surface area contributed by atoms with Gasteiger partial charge in [-0.05, 0) is 34.8 Å². The molecule has 0 bridgehead atoms. The van der Waals surface area contributed by atoms with Crippen molar-refractivity contribution < 1.29 is 14.3 Å². The van der Waals surface area contributed by atoms with Gasteiger partial charge in [0.2, 0.25) is 0 Å². The molecular formula is C15H23BrN2O3. The number of carbonyl (C=O) groups excluding carboxylic acids is 2. The van der Waals surface area contributed by atoms with Gasteiger partial charge in [0.1, 0.15) is 5.69 Å². The summed E-state index contributed by atoms with van der Waals surface area (Å²) >= 11 is 3.40. The predicted molar refractivity (Wildman–Crippen MR) is 85.2 cm³/mol. The SMILES string of the molecule is CCn1cc(Br)cc1C(=O)N(CCC(=O)OC)CC(C)C. The van der Waals surface area contributed by atoms with Crippen LogP contribution in [-0.2, 0) is 16.1 Å². The largest absolute Gasteiger partial charge is 0.469 e. The number of hydrogen-bond donors (Lipinski definition) is 0. The molecule has 0 spiro atoms. The third-order valence-corrected chi connectivity index (χ3v) is 3.54. The van der Waals surface area contributed by atoms with Crippen molar-refractivity contribution in [3.05, 3.63) is 22.4 Å². The number of esters is 1. The molecule has 0 N–H and O–H groups in total. The van der Waals surface area contributed by atoms with Gasteiger partial charge in [-0.2, -0.15) is 0 Å². The summed E-state index contributed by atoms with van der Waals surface area (Å²) in [7, 11) is 1.36. The number of aromatic nitrogens is 1. The molecule has 0 saturated heterocycles. The average molecular weight is 359 g/mol. The Hall–Kier alpha value is -1.30. The molecule has 1 aromatic heterocycles. The van der Waals surface area contributed by atoms with Crippen LogP contribution in [0.1, 0.15) is 37.7 Å². The maximum Gasteiger partial charge on any atom is 0.307 e. The summed E-state index contributed by atoms with van der Waals surface area (Å²) in [5.74, 6) is -0.0242. The van der Waals surface area contributed by atoms with Crippen LogP contribution in [0.2, 0.25) is 0 Å². The fourth-order valence-electron chi connectivity index (χ4n) is 2.12. The maximum absolute atomic E-state index is 12.7. The molecule has 1 aromatic rings. The molecule has 1 amide bonds. The smallest absolute Gasteiger partial charge is 0.307 e. The van der Waals surface area contributed by atoms with E-state index < -0.39 is 0 Å². The third kappa shape index (κ3) is 5.19. The lowest BCUT2D eigenvalue weighted by atomic mass is 10.2. The molecule has 0 aromatic carbocycles. The van der Waals surface area contributed by atoms with E-state index in [1.807, 2.05) is 37.6 Å². The second-order valence-electron chi connectivity index (χ2n) is 5.30. The number of aryl methyl sites for hydroxylation is 1. The molecule has 21 heavy (non-hydrogen) atoms. The fraction of sp³-hybridized carbons (Fsp3) is 0.600. The first-order valence-electron chi connectivity index (χ1n) is 7.10. The quantitative estimate of drug-likeness (QED) is 0.704. The van der Waals surface area contributed by atoms with Gasteiger partial charge < -0.3 is 14.2 Å². The van der Waals surface area contributed by atoms with Crippen LogP contribution >= 0.6 is 15.9 Å². The van der Waals surface area contributed by atoms with Crippen LogP contribution in [0, 0.1) is 5.92 Å². The van der Waals surface area contributed by atoms with Crippen molar-refractivity contribution in [1.82, 2.24) is 9.47 Å². The Morgan fingerprint density at radius 2 is 2.10 bits per heavy atom. The molecule has 1 heterocycles. The Balaban J connectivity index is 2.90. The van der Waals surface area contributed by atoms with Gasteiger partial charge in [-0.1, -0.05) is 13.8 Å². The number of amides is 1. The van der Waals surface area contributed by atoms with Crippen molar-refractivity contribution in [1.29, 1.82) is 0 Å². The molecule has 6 heteroatoms. The molecule has 0 atom stereocenters. The summed E-state index contributed by atoms with van der Waals surface area (Å²) in [5, 5.41) is 0. The van der Waals surface area contributed by atoms with E-state index in [-0.39, 0.29) is 18.3 Å². The molecule has 0 fully saturated rings. The normalized spacial score (nSPS) is 10.8. The van der Waals surface area contributed by atoms with Crippen molar-refractivity contribution in [2.75, 3.05) is 20.2 Å². The van der Waals surface area contributed by atoms with Gasteiger partial charge in [-0.3, -0.25) is 9.59 Å². The summed E-state index contributed by atoms with van der Waals surface area (Å²) in [6, 6.07) is 1.82. The van der Waals surface area contributed by atoms with E-state index in [1.165, 1.54) is 7.11 Å². The molecule has 0 aliphatic carbocycles. The van der Waals surface area contributed by atoms with E-state index in [1.54, 1.807) is 4.90 Å². The molecule has 0 aliphatic heterocycles. The molecule has 5 nitrogen and oxygen atoms in total. The van der Waals surface area contributed by atoms with Crippen LogP contribution in [0.4, 0.5) is 0 Å². The molecule has 0 radical (unpaired) electrons. The Labute approximate surface area is 134 Å². The lowest BCUT2D eigenvalue weighted by Crippen LogP contribution is -2.37. The van der Waals surface area contributed by atoms with Crippen LogP contribution in [0.3, 0.4) is 0 Å². The lowest BCUT2D eigenvalue weighted by molar-refractivity contribution is -0.140. The van der Waals surface area contributed by atoms with Gasteiger partial charge in [0.25, 0.3) is 5.91 Å². The highest BCUT2D eigenvalue weighted by molar-refractivity contribution is 9.10. The molecule has 1 rings (SSSR count). The second-order valence-corrected chi connectivity index (χ2v) is 6.22. The number of rotatable bonds is 7. The molecule has 0 unspecified atom stereocenters. The zero-order valence-electron chi connectivity index (χ0n) is 13.1. The van der Waals surface area contributed by atoms with Crippen molar-refractivity contribution in [3.8, 4) is 0 Å². The standard InChI is InChI=1S/C15H23BrN2O3/c1-5-17-10-12(16)8-13(17)15(20)18(9-11(2)3)7-6-14(19)21-4/h8,10-11H,5-7,9H2,1-4H3. The summed E-state index contributed by atoms with van der Waals surface area (Å²) in [6.07, 6.45) is 2.10. The van der Waals surface area contributed by atoms with Crippen molar-refractivity contribution in [2.45, 2.75) is 33.7 Å². The van der Waals surface area contributed by atoms with E-state index >= 15 is 0 Å². The van der Waals surface area contributed by atoms with Crippen molar-refractivity contribution in [3.63, 3.8) is 0 Å². The highest BCUT2D eigenvalue weighted by Gasteiger charge is 2.21. The minimum atomic E-state index is -0.302. The van der Waals surface area contributed by atoms with Crippen LogP contribution in [0.5, 0.6) is 0 Å². The Kier molecular flexibility index (Phi) is 6.95. The Bertz CT molecular complexity index is 497. The lowest BCUT2D eigenvalue weighted by Gasteiger charge is -2.24. The van der Waals surface area contributed by atoms with Gasteiger partial charge in [-0.15, -0.1) is 0 Å². The summed E-state index contributed by atoms with van der Waals surface area (Å²) in [4.78, 5) is 25.7. The van der Waals surface area contributed by atoms with Crippen molar-refractivity contribution in [2.24, 2.45) is 5.92 Å². The number of carbonyl (C=O) groups is 2. The summed E-state index contributed by atoms with van der Waals surface area (Å²) in [5.41, 5.74) is 0.634. The maximum atomic E-state index is 12.7. The fourth-order valence-corrected chi connectivity index (χ4v) is 2.59. The van der Waals surface area contributed by atoms with Crippen LogP contribution < -0.4 is 0 Å². The third-order valence-electron chi connectivity index (χ3n) is 3.11. The molecule has 0 aliphatic rings. The first-order chi connectivity index (χ1) is 9.88. The van der Waals surface area contributed by atoms with Gasteiger partial charge in [0.15, 0.2) is 0 Å².